The van der Waals surface area contributed by atoms with Crippen LogP contribution in [-0.4, -0.2) is 28.1 Å². The Hall–Kier alpha value is -1.44. The number of nitrogens with one attached hydrogen (secondary N) is 1. The Morgan fingerprint density at radius 2 is 1.88 bits per heavy atom. The van der Waals surface area contributed by atoms with Gasteiger partial charge < -0.3 is 10.1 Å². The molecule has 0 saturated carbocycles. The van der Waals surface area contributed by atoms with E-state index in [-0.39, 0.29) is 10.6 Å². The minimum absolute atomic E-state index is 0.0507. The standard InChI is InChI=1S/C9H10F3NO3S/c1-13-7-4-3-6(17(2,14)15)5-8(7)16-9(10,11)12/h3-5,13H,1-2H3. The Balaban J connectivity index is 3.25. The van der Waals surface area contributed by atoms with E-state index in [4.69, 9.17) is 0 Å². The third kappa shape index (κ3) is 3.81. The molecule has 8 heteroatoms. The van der Waals surface area contributed by atoms with Crippen LogP contribution in [0.4, 0.5) is 18.9 Å². The maximum Gasteiger partial charge on any atom is 0.573 e. The van der Waals surface area contributed by atoms with Crippen molar-refractivity contribution in [3.8, 4) is 5.75 Å². The summed E-state index contributed by atoms with van der Waals surface area (Å²) >= 11 is 0. The summed E-state index contributed by atoms with van der Waals surface area (Å²) in [4.78, 5) is -0.240. The van der Waals surface area contributed by atoms with E-state index in [9.17, 15) is 21.6 Å². The Morgan fingerprint density at radius 3 is 2.29 bits per heavy atom. The minimum atomic E-state index is -4.87. The Morgan fingerprint density at radius 1 is 1.29 bits per heavy atom. The number of halogens is 3. The van der Waals surface area contributed by atoms with Crippen LogP contribution in [0.2, 0.25) is 0 Å². The van der Waals surface area contributed by atoms with Crippen LogP contribution in [0, 0.1) is 0 Å². The zero-order valence-electron chi connectivity index (χ0n) is 9.00. The van der Waals surface area contributed by atoms with Gasteiger partial charge in [-0.1, -0.05) is 0 Å². The van der Waals surface area contributed by atoms with Crippen LogP contribution in [0.1, 0.15) is 0 Å². The molecule has 0 radical (unpaired) electrons. The van der Waals surface area contributed by atoms with Crippen molar-refractivity contribution in [2.45, 2.75) is 11.3 Å². The van der Waals surface area contributed by atoms with Gasteiger partial charge in [0, 0.05) is 19.4 Å². The molecule has 1 rings (SSSR count). The highest BCUT2D eigenvalue weighted by Gasteiger charge is 2.32. The van der Waals surface area contributed by atoms with Crippen molar-refractivity contribution in [1.82, 2.24) is 0 Å². The van der Waals surface area contributed by atoms with Gasteiger partial charge in [-0.2, -0.15) is 0 Å². The van der Waals surface area contributed by atoms with Crippen LogP contribution in [0.3, 0.4) is 0 Å². The fourth-order valence-electron chi connectivity index (χ4n) is 1.15. The lowest BCUT2D eigenvalue weighted by molar-refractivity contribution is -0.274. The predicted molar refractivity (Wildman–Crippen MR) is 55.8 cm³/mol. The van der Waals surface area contributed by atoms with Gasteiger partial charge in [-0.15, -0.1) is 13.2 Å². The van der Waals surface area contributed by atoms with Crippen LogP contribution < -0.4 is 10.1 Å². The highest BCUT2D eigenvalue weighted by Crippen LogP contribution is 2.32. The van der Waals surface area contributed by atoms with Gasteiger partial charge in [0.2, 0.25) is 0 Å². The molecule has 0 amide bonds. The molecule has 0 unspecified atom stereocenters. The van der Waals surface area contributed by atoms with Gasteiger partial charge in [0.05, 0.1) is 10.6 Å². The monoisotopic (exact) mass is 269 g/mol. The van der Waals surface area contributed by atoms with E-state index in [2.05, 4.69) is 10.1 Å². The van der Waals surface area contributed by atoms with E-state index in [1.54, 1.807) is 0 Å². The molecule has 1 aromatic rings. The van der Waals surface area contributed by atoms with Gasteiger partial charge in [0.25, 0.3) is 0 Å². The molecule has 0 saturated heterocycles. The quantitative estimate of drug-likeness (QED) is 0.912. The van der Waals surface area contributed by atoms with Crippen LogP contribution in [0.25, 0.3) is 0 Å². The molecular formula is C9H10F3NO3S. The Kier molecular flexibility index (Phi) is 3.56. The average molecular weight is 269 g/mol. The van der Waals surface area contributed by atoms with Crippen LogP contribution >= 0.6 is 0 Å². The minimum Gasteiger partial charge on any atom is -0.404 e. The third-order valence-electron chi connectivity index (χ3n) is 1.88. The van der Waals surface area contributed by atoms with Crippen LogP contribution in [0.15, 0.2) is 23.1 Å². The Bertz CT molecular complexity index is 511. The summed E-state index contributed by atoms with van der Waals surface area (Å²) in [5.74, 6) is -0.581. The maximum atomic E-state index is 12.1. The smallest absolute Gasteiger partial charge is 0.404 e. The molecule has 0 bridgehead atoms. The first-order valence-corrected chi connectivity index (χ1v) is 6.30. The molecule has 0 aliphatic carbocycles. The van der Waals surface area contributed by atoms with E-state index in [0.717, 1.165) is 12.3 Å². The zero-order valence-corrected chi connectivity index (χ0v) is 9.82. The van der Waals surface area contributed by atoms with Gasteiger partial charge in [0.1, 0.15) is 0 Å². The summed E-state index contributed by atoms with van der Waals surface area (Å²) < 4.78 is 62.4. The molecule has 0 fully saturated rings. The van der Waals surface area contributed by atoms with E-state index in [1.165, 1.54) is 19.2 Å². The van der Waals surface area contributed by atoms with Gasteiger partial charge in [-0.3, -0.25) is 0 Å². The van der Waals surface area contributed by atoms with Crippen LogP contribution in [-0.2, 0) is 9.84 Å². The third-order valence-corrected chi connectivity index (χ3v) is 2.99. The second kappa shape index (κ2) is 4.44. The molecule has 0 heterocycles. The fraction of sp³-hybridized carbons (Fsp3) is 0.333. The number of benzene rings is 1. The number of sulfone groups is 1. The van der Waals surface area contributed by atoms with Crippen molar-refractivity contribution >= 4 is 15.5 Å². The topological polar surface area (TPSA) is 55.4 Å². The first kappa shape index (κ1) is 13.6. The molecule has 0 aliphatic rings. The zero-order chi connectivity index (χ0) is 13.3. The van der Waals surface area contributed by atoms with Gasteiger partial charge >= 0.3 is 6.36 Å². The van der Waals surface area contributed by atoms with Crippen molar-refractivity contribution in [3.63, 3.8) is 0 Å². The summed E-state index contributed by atoms with van der Waals surface area (Å²) in [7, 11) is -2.18. The molecule has 96 valence electrons. The number of hydrogen-bond donors (Lipinski definition) is 1. The highest BCUT2D eigenvalue weighted by molar-refractivity contribution is 7.90. The number of rotatable bonds is 3. The second-order valence-corrected chi connectivity index (χ2v) is 5.24. The Labute approximate surface area is 96.3 Å². The normalized spacial score (nSPS) is 12.3. The number of hydrogen-bond acceptors (Lipinski definition) is 4. The summed E-state index contributed by atoms with van der Waals surface area (Å²) in [5, 5.41) is 2.48. The lowest BCUT2D eigenvalue weighted by Gasteiger charge is -2.13. The maximum absolute atomic E-state index is 12.1. The fourth-order valence-corrected chi connectivity index (χ4v) is 1.79. The number of anilines is 1. The molecule has 1 aromatic carbocycles. The largest absolute Gasteiger partial charge is 0.573 e. The molecule has 0 atom stereocenters. The van der Waals surface area contributed by atoms with Crippen molar-refractivity contribution in [2.24, 2.45) is 0 Å². The van der Waals surface area contributed by atoms with Gasteiger partial charge in [-0.05, 0) is 12.1 Å². The summed E-state index contributed by atoms with van der Waals surface area (Å²) in [6, 6.07) is 3.23. The predicted octanol–water partition coefficient (Wildman–Crippen LogP) is 2.03. The van der Waals surface area contributed by atoms with E-state index in [0.29, 0.717) is 0 Å². The summed E-state index contributed by atoms with van der Waals surface area (Å²) in [5.41, 5.74) is 0.0507. The number of ether oxygens (including phenoxy) is 1. The van der Waals surface area contributed by atoms with E-state index < -0.39 is 21.9 Å². The number of alkyl halides is 3. The van der Waals surface area contributed by atoms with Crippen molar-refractivity contribution in [2.75, 3.05) is 18.6 Å². The van der Waals surface area contributed by atoms with E-state index in [1.807, 2.05) is 0 Å². The average Bonchev–Trinajstić information content (AvgIpc) is 2.13. The lowest BCUT2D eigenvalue weighted by atomic mass is 10.3. The molecule has 1 N–H and O–H groups in total. The first-order chi connectivity index (χ1) is 7.63. The van der Waals surface area contributed by atoms with Crippen LogP contribution in [0.5, 0.6) is 5.75 Å². The van der Waals surface area contributed by atoms with Crippen molar-refractivity contribution in [3.05, 3.63) is 18.2 Å². The highest BCUT2D eigenvalue weighted by atomic mass is 32.2. The van der Waals surface area contributed by atoms with E-state index >= 15 is 0 Å². The molecular weight excluding hydrogens is 259 g/mol. The van der Waals surface area contributed by atoms with Gasteiger partial charge in [0.15, 0.2) is 15.6 Å². The SMILES string of the molecule is CNc1ccc(S(C)(=O)=O)cc1OC(F)(F)F. The molecule has 0 aliphatic heterocycles. The summed E-state index contributed by atoms with van der Waals surface area (Å²) in [6.07, 6.45) is -3.97. The molecule has 0 aromatic heterocycles. The van der Waals surface area contributed by atoms with Gasteiger partial charge in [-0.25, -0.2) is 8.42 Å². The molecule has 0 spiro atoms. The summed E-state index contributed by atoms with van der Waals surface area (Å²) in [6.45, 7) is 0. The molecule has 4 nitrogen and oxygen atoms in total. The molecule has 17 heavy (non-hydrogen) atoms. The second-order valence-electron chi connectivity index (χ2n) is 3.23. The lowest BCUT2D eigenvalue weighted by Crippen LogP contribution is -2.18. The van der Waals surface area contributed by atoms with Crippen molar-refractivity contribution in [1.29, 1.82) is 0 Å². The first-order valence-electron chi connectivity index (χ1n) is 4.41. The van der Waals surface area contributed by atoms with Crippen molar-refractivity contribution < 1.29 is 26.3 Å².